The van der Waals surface area contributed by atoms with Gasteiger partial charge in [-0.25, -0.2) is 4.39 Å². The topological polar surface area (TPSA) is 58.2 Å². The second-order valence-electron chi connectivity index (χ2n) is 7.13. The predicted molar refractivity (Wildman–Crippen MR) is 106 cm³/mol. The molecule has 0 radical (unpaired) electrons. The van der Waals surface area contributed by atoms with Gasteiger partial charge in [0.2, 0.25) is 5.91 Å². The number of amides is 1. The third-order valence-corrected chi connectivity index (χ3v) is 5.35. The first-order valence-corrected chi connectivity index (χ1v) is 9.30. The van der Waals surface area contributed by atoms with Gasteiger partial charge in [0.1, 0.15) is 0 Å². The Labute approximate surface area is 163 Å². The summed E-state index contributed by atoms with van der Waals surface area (Å²) < 4.78 is 18.9. The predicted octanol–water partition coefficient (Wildman–Crippen LogP) is 4.13. The molecule has 2 aromatic carbocycles. The number of nitrogens with one attached hydrogen (secondary N) is 1. The Morgan fingerprint density at radius 1 is 1.29 bits per heavy atom. The molecule has 0 bridgehead atoms. The van der Waals surface area contributed by atoms with Crippen LogP contribution in [0.25, 0.3) is 11.1 Å². The van der Waals surface area contributed by atoms with Gasteiger partial charge in [0.05, 0.1) is 13.3 Å². The minimum absolute atomic E-state index is 0.0895. The number of ether oxygens (including phenoxy) is 1. The van der Waals surface area contributed by atoms with Gasteiger partial charge in [-0.15, -0.1) is 0 Å². The van der Waals surface area contributed by atoms with Gasteiger partial charge in [-0.05, 0) is 60.7 Å². The van der Waals surface area contributed by atoms with Gasteiger partial charge in [0.25, 0.3) is 0 Å². The number of methoxy groups -OCH3 is 1. The number of carbonyl (C=O) groups is 1. The van der Waals surface area contributed by atoms with E-state index in [4.69, 9.17) is 4.74 Å². The summed E-state index contributed by atoms with van der Waals surface area (Å²) >= 11 is 0. The number of aromatic nitrogens is 2. The largest absolute Gasteiger partial charge is 0.494 e. The Bertz CT molecular complexity index is 1000. The van der Waals surface area contributed by atoms with E-state index in [1.54, 1.807) is 12.3 Å². The van der Waals surface area contributed by atoms with E-state index in [0.29, 0.717) is 13.0 Å². The minimum atomic E-state index is -0.396. The van der Waals surface area contributed by atoms with Gasteiger partial charge in [-0.2, -0.15) is 5.10 Å². The molecule has 6 heteroatoms. The lowest BCUT2D eigenvalue weighted by molar-refractivity contribution is -0.120. The molecule has 1 aliphatic heterocycles. The van der Waals surface area contributed by atoms with Crippen molar-refractivity contribution in [2.75, 3.05) is 18.6 Å². The van der Waals surface area contributed by atoms with Gasteiger partial charge in [0, 0.05) is 29.9 Å². The highest BCUT2D eigenvalue weighted by Gasteiger charge is 2.32. The highest BCUT2D eigenvalue weighted by Crippen LogP contribution is 2.32. The van der Waals surface area contributed by atoms with Crippen molar-refractivity contribution >= 4 is 11.6 Å². The lowest BCUT2D eigenvalue weighted by Crippen LogP contribution is -2.27. The van der Waals surface area contributed by atoms with Crippen LogP contribution >= 0.6 is 0 Å². The number of halogens is 1. The monoisotopic (exact) mass is 379 g/mol. The van der Waals surface area contributed by atoms with Gasteiger partial charge in [-0.3, -0.25) is 9.89 Å². The number of aromatic amines is 1. The number of nitrogens with zero attached hydrogens (tertiary/aromatic N) is 2. The zero-order chi connectivity index (χ0) is 19.7. The zero-order valence-electron chi connectivity index (χ0n) is 15.9. The van der Waals surface area contributed by atoms with E-state index in [2.05, 4.69) is 10.2 Å². The van der Waals surface area contributed by atoms with Crippen LogP contribution in [0.2, 0.25) is 0 Å². The molecule has 1 aromatic heterocycles. The molecule has 1 aliphatic rings. The number of aryl methyl sites for hydroxylation is 1. The number of carbonyl (C=O) groups excluding carboxylic acids is 1. The molecule has 5 nitrogen and oxygen atoms in total. The van der Waals surface area contributed by atoms with Crippen molar-refractivity contribution in [1.82, 2.24) is 10.2 Å². The summed E-state index contributed by atoms with van der Waals surface area (Å²) in [4.78, 5) is 14.8. The third kappa shape index (κ3) is 3.38. The van der Waals surface area contributed by atoms with E-state index < -0.39 is 5.82 Å². The molecule has 3 aromatic rings. The van der Waals surface area contributed by atoms with Crippen LogP contribution in [0, 0.1) is 18.7 Å². The summed E-state index contributed by atoms with van der Waals surface area (Å²) in [7, 11) is 1.44. The summed E-state index contributed by atoms with van der Waals surface area (Å²) in [6.07, 6.45) is 4.93. The molecule has 4 rings (SSSR count). The van der Waals surface area contributed by atoms with Crippen LogP contribution in [0.15, 0.2) is 48.8 Å². The maximum absolute atomic E-state index is 13.9. The molecule has 2 heterocycles. The van der Waals surface area contributed by atoms with Crippen LogP contribution < -0.4 is 9.64 Å². The minimum Gasteiger partial charge on any atom is -0.494 e. The maximum atomic E-state index is 13.9. The molecule has 0 spiro atoms. The lowest BCUT2D eigenvalue weighted by Gasteiger charge is -2.18. The third-order valence-electron chi connectivity index (χ3n) is 5.35. The first-order valence-electron chi connectivity index (χ1n) is 9.30. The van der Waals surface area contributed by atoms with Crippen LogP contribution in [0.1, 0.15) is 17.5 Å². The van der Waals surface area contributed by atoms with Crippen LogP contribution in [-0.2, 0) is 11.2 Å². The molecular weight excluding hydrogens is 357 g/mol. The molecular formula is C22H22FN3O2. The van der Waals surface area contributed by atoms with Crippen molar-refractivity contribution in [3.05, 3.63) is 65.7 Å². The first-order chi connectivity index (χ1) is 13.6. The average molecular weight is 379 g/mol. The Hall–Kier alpha value is -3.15. The molecule has 0 saturated carbocycles. The number of H-pyrrole nitrogens is 1. The molecule has 28 heavy (non-hydrogen) atoms. The number of rotatable bonds is 5. The summed E-state index contributed by atoms with van der Waals surface area (Å²) in [5.41, 5.74) is 4.92. The smallest absolute Gasteiger partial charge is 0.230 e. The first kappa shape index (κ1) is 18.2. The zero-order valence-corrected chi connectivity index (χ0v) is 15.9. The van der Waals surface area contributed by atoms with Crippen molar-refractivity contribution in [3.63, 3.8) is 0 Å². The lowest BCUT2D eigenvalue weighted by atomic mass is 9.98. The Morgan fingerprint density at radius 3 is 2.82 bits per heavy atom. The van der Waals surface area contributed by atoms with Crippen molar-refractivity contribution in [2.24, 2.45) is 5.92 Å². The number of benzene rings is 2. The Morgan fingerprint density at radius 2 is 2.14 bits per heavy atom. The molecule has 1 saturated heterocycles. The van der Waals surface area contributed by atoms with Gasteiger partial charge < -0.3 is 9.64 Å². The fourth-order valence-corrected chi connectivity index (χ4v) is 3.84. The molecule has 1 atom stereocenters. The van der Waals surface area contributed by atoms with Gasteiger partial charge in [-0.1, -0.05) is 12.1 Å². The number of anilines is 1. The second-order valence-corrected chi connectivity index (χ2v) is 7.13. The number of hydrogen-bond acceptors (Lipinski definition) is 3. The standard InChI is InChI=1S/C22H22FN3O2/c1-14-9-18(4-5-19(14)17-12-24-25-13-17)26-8-7-16(22(26)27)10-15-3-6-21(28-2)20(23)11-15/h3-6,9,11-13,16H,7-8,10H2,1-2H3,(H,24,25). The fourth-order valence-electron chi connectivity index (χ4n) is 3.84. The van der Waals surface area contributed by atoms with Crippen molar-refractivity contribution < 1.29 is 13.9 Å². The molecule has 1 N–H and O–H groups in total. The highest BCUT2D eigenvalue weighted by atomic mass is 19.1. The number of hydrogen-bond donors (Lipinski definition) is 1. The van der Waals surface area contributed by atoms with Crippen LogP contribution in [-0.4, -0.2) is 29.8 Å². The summed E-state index contributed by atoms with van der Waals surface area (Å²) in [6, 6.07) is 10.9. The molecule has 1 unspecified atom stereocenters. The fraction of sp³-hybridized carbons (Fsp3) is 0.273. The van der Waals surface area contributed by atoms with E-state index in [0.717, 1.165) is 34.4 Å². The summed E-state index contributed by atoms with van der Waals surface area (Å²) in [5.74, 6) is -0.225. The molecule has 1 fully saturated rings. The van der Waals surface area contributed by atoms with Crippen LogP contribution in [0.5, 0.6) is 5.75 Å². The van der Waals surface area contributed by atoms with Crippen molar-refractivity contribution in [2.45, 2.75) is 19.8 Å². The molecule has 144 valence electrons. The van der Waals surface area contributed by atoms with Crippen molar-refractivity contribution in [3.8, 4) is 16.9 Å². The van der Waals surface area contributed by atoms with E-state index >= 15 is 0 Å². The summed E-state index contributed by atoms with van der Waals surface area (Å²) in [5, 5.41) is 6.82. The normalized spacial score (nSPS) is 16.6. The Kier molecular flexibility index (Phi) is 4.86. The second kappa shape index (κ2) is 7.46. The van der Waals surface area contributed by atoms with E-state index in [1.807, 2.05) is 42.3 Å². The molecule has 0 aliphatic carbocycles. The molecule has 1 amide bonds. The van der Waals surface area contributed by atoms with Crippen molar-refractivity contribution in [1.29, 1.82) is 0 Å². The quantitative estimate of drug-likeness (QED) is 0.725. The summed E-state index contributed by atoms with van der Waals surface area (Å²) in [6.45, 7) is 2.70. The van der Waals surface area contributed by atoms with Crippen LogP contribution in [0.3, 0.4) is 0 Å². The Balaban J connectivity index is 1.50. The average Bonchev–Trinajstić information content (AvgIpc) is 3.33. The van der Waals surface area contributed by atoms with E-state index in [-0.39, 0.29) is 17.6 Å². The van der Waals surface area contributed by atoms with Gasteiger partial charge in [0.15, 0.2) is 11.6 Å². The van der Waals surface area contributed by atoms with Crippen LogP contribution in [0.4, 0.5) is 10.1 Å². The maximum Gasteiger partial charge on any atom is 0.230 e. The SMILES string of the molecule is COc1ccc(CC2CCN(c3ccc(-c4cn[nH]c4)c(C)c3)C2=O)cc1F. The van der Waals surface area contributed by atoms with Gasteiger partial charge >= 0.3 is 0 Å². The highest BCUT2D eigenvalue weighted by molar-refractivity contribution is 5.97. The van der Waals surface area contributed by atoms with E-state index in [1.165, 1.54) is 13.2 Å². The van der Waals surface area contributed by atoms with E-state index in [9.17, 15) is 9.18 Å².